The molecule has 0 aliphatic rings. The van der Waals surface area contributed by atoms with Gasteiger partial charge >= 0.3 is 5.97 Å². The number of carbonyl (C=O) groups excluding carboxylic acids is 1. The van der Waals surface area contributed by atoms with Crippen LogP contribution in [0.4, 0.5) is 0 Å². The van der Waals surface area contributed by atoms with Crippen LogP contribution in [0.3, 0.4) is 0 Å². The van der Waals surface area contributed by atoms with Crippen molar-refractivity contribution in [3.8, 4) is 17.0 Å². The molecule has 0 saturated carbocycles. The highest BCUT2D eigenvalue weighted by Gasteiger charge is 2.20. The van der Waals surface area contributed by atoms with Gasteiger partial charge in [-0.1, -0.05) is 49.4 Å². The van der Waals surface area contributed by atoms with Crippen molar-refractivity contribution in [3.05, 3.63) is 82.4 Å². The van der Waals surface area contributed by atoms with Crippen molar-refractivity contribution < 1.29 is 19.0 Å². The zero-order valence-corrected chi connectivity index (χ0v) is 20.7. The second-order valence-corrected chi connectivity index (χ2v) is 8.06. The topological polar surface area (TPSA) is 79.7 Å². The summed E-state index contributed by atoms with van der Waals surface area (Å²) in [7, 11) is 0. The molecule has 35 heavy (non-hydrogen) atoms. The minimum absolute atomic E-state index is 0.0813. The molecule has 1 aromatic heterocycles. The zero-order valence-electron chi connectivity index (χ0n) is 20.7. The Morgan fingerprint density at radius 2 is 1.74 bits per heavy atom. The Labute approximate surface area is 206 Å². The maximum absolute atomic E-state index is 12.9. The average Bonchev–Trinajstić information content (AvgIpc) is 2.87. The lowest BCUT2D eigenvalue weighted by molar-refractivity contribution is -0.156. The number of hydrogen-bond acceptors (Lipinski definition) is 6. The molecule has 3 rings (SSSR count). The first-order valence-electron chi connectivity index (χ1n) is 12.2. The lowest BCUT2D eigenvalue weighted by atomic mass is 10.1. The lowest BCUT2D eigenvalue weighted by Gasteiger charge is -2.16. The van der Waals surface area contributed by atoms with E-state index in [-0.39, 0.29) is 11.5 Å². The molecule has 0 saturated heterocycles. The van der Waals surface area contributed by atoms with Gasteiger partial charge in [0.25, 0.3) is 5.56 Å². The smallest absolute Gasteiger partial charge is 0.335 e. The number of nitrogens with zero attached hydrogens (tertiary/aromatic N) is 2. The van der Waals surface area contributed by atoms with Gasteiger partial charge in [-0.25, -0.2) is 9.78 Å². The Bertz CT molecular complexity index is 1130. The molecule has 0 aliphatic heterocycles. The largest absolute Gasteiger partial charge is 0.492 e. The van der Waals surface area contributed by atoms with Gasteiger partial charge in [0, 0.05) is 31.1 Å². The lowest BCUT2D eigenvalue weighted by Crippen LogP contribution is -2.29. The van der Waals surface area contributed by atoms with Crippen LogP contribution in [-0.4, -0.2) is 41.4 Å². The van der Waals surface area contributed by atoms with Crippen molar-refractivity contribution in [2.45, 2.75) is 52.7 Å². The molecule has 7 heteroatoms. The molecule has 7 nitrogen and oxygen atoms in total. The first-order chi connectivity index (χ1) is 17.0. The van der Waals surface area contributed by atoms with Crippen LogP contribution < -0.4 is 10.3 Å². The molecule has 0 radical (unpaired) electrons. The Morgan fingerprint density at radius 3 is 2.40 bits per heavy atom. The van der Waals surface area contributed by atoms with E-state index < -0.39 is 6.10 Å². The fourth-order valence-electron chi connectivity index (χ4n) is 3.80. The summed E-state index contributed by atoms with van der Waals surface area (Å²) in [6, 6.07) is 18.9. The maximum Gasteiger partial charge on any atom is 0.335 e. The highest BCUT2D eigenvalue weighted by atomic mass is 16.6. The molecule has 0 spiro atoms. The third-order valence-electron chi connectivity index (χ3n) is 5.48. The van der Waals surface area contributed by atoms with Crippen LogP contribution >= 0.6 is 0 Å². The standard InChI is InChI=1S/C28H34N2O5/c1-4-10-26-29-24(22-11-8-7-9-12-22)20-27(31)30(26)17-18-35-23-15-13-21(14-16-23)19-25(33-5-2)28(32)34-6-3/h7-9,11-16,20,25H,4-6,10,17-19H2,1-3H3. The molecule has 2 aromatic carbocycles. The average molecular weight is 479 g/mol. The van der Waals surface area contributed by atoms with Crippen molar-refractivity contribution >= 4 is 5.97 Å². The van der Waals surface area contributed by atoms with E-state index in [0.717, 1.165) is 23.4 Å². The summed E-state index contributed by atoms with van der Waals surface area (Å²) < 4.78 is 18.2. The van der Waals surface area contributed by atoms with E-state index >= 15 is 0 Å². The van der Waals surface area contributed by atoms with Crippen LogP contribution in [0.25, 0.3) is 11.3 Å². The van der Waals surface area contributed by atoms with Gasteiger partial charge in [0.2, 0.25) is 0 Å². The third kappa shape index (κ3) is 7.52. The molecule has 0 bridgehead atoms. The van der Waals surface area contributed by atoms with Gasteiger partial charge < -0.3 is 14.2 Å². The first kappa shape index (κ1) is 26.2. The van der Waals surface area contributed by atoms with Gasteiger partial charge in [0.15, 0.2) is 6.10 Å². The molecule has 0 fully saturated rings. The number of esters is 1. The van der Waals surface area contributed by atoms with Crippen LogP contribution in [0.1, 0.15) is 38.6 Å². The summed E-state index contributed by atoms with van der Waals surface area (Å²) in [5, 5.41) is 0. The number of aromatic nitrogens is 2. The fourth-order valence-corrected chi connectivity index (χ4v) is 3.80. The van der Waals surface area contributed by atoms with Crippen LogP contribution in [0.15, 0.2) is 65.5 Å². The quantitative estimate of drug-likeness (QED) is 0.338. The first-order valence-corrected chi connectivity index (χ1v) is 12.2. The second kappa shape index (κ2) is 13.4. The molecule has 0 N–H and O–H groups in total. The molecular weight excluding hydrogens is 444 g/mol. The van der Waals surface area contributed by atoms with E-state index in [0.29, 0.717) is 50.7 Å². The summed E-state index contributed by atoms with van der Waals surface area (Å²) in [6.45, 7) is 7.21. The van der Waals surface area contributed by atoms with Gasteiger partial charge in [-0.2, -0.15) is 0 Å². The van der Waals surface area contributed by atoms with E-state index in [9.17, 15) is 9.59 Å². The van der Waals surface area contributed by atoms with Crippen molar-refractivity contribution in [1.29, 1.82) is 0 Å². The second-order valence-electron chi connectivity index (χ2n) is 8.06. The Hall–Kier alpha value is -3.45. The highest BCUT2D eigenvalue weighted by Crippen LogP contribution is 2.17. The van der Waals surface area contributed by atoms with Gasteiger partial charge in [0.1, 0.15) is 18.2 Å². The molecule has 1 unspecified atom stereocenters. The molecule has 0 aliphatic carbocycles. The van der Waals surface area contributed by atoms with Crippen LogP contribution in [0, 0.1) is 0 Å². The van der Waals surface area contributed by atoms with Crippen LogP contribution in [-0.2, 0) is 33.7 Å². The summed E-state index contributed by atoms with van der Waals surface area (Å²) in [4.78, 5) is 29.7. The number of carbonyl (C=O) groups is 1. The minimum Gasteiger partial charge on any atom is -0.492 e. The van der Waals surface area contributed by atoms with Crippen molar-refractivity contribution in [2.75, 3.05) is 19.8 Å². The fraction of sp³-hybridized carbons (Fsp3) is 0.393. The van der Waals surface area contributed by atoms with Crippen molar-refractivity contribution in [1.82, 2.24) is 9.55 Å². The Balaban J connectivity index is 1.63. The summed E-state index contributed by atoms with van der Waals surface area (Å²) in [5.74, 6) is 1.10. The van der Waals surface area contributed by atoms with Gasteiger partial charge in [-0.15, -0.1) is 0 Å². The third-order valence-corrected chi connectivity index (χ3v) is 5.48. The maximum atomic E-state index is 12.9. The predicted molar refractivity (Wildman–Crippen MR) is 136 cm³/mol. The van der Waals surface area contributed by atoms with Gasteiger partial charge in [0.05, 0.1) is 18.8 Å². The van der Waals surface area contributed by atoms with Gasteiger partial charge in [-0.05, 0) is 38.0 Å². The molecule has 1 atom stereocenters. The number of benzene rings is 2. The Kier molecular flexibility index (Phi) is 10.0. The zero-order chi connectivity index (χ0) is 25.0. The van der Waals surface area contributed by atoms with Gasteiger partial charge in [-0.3, -0.25) is 9.36 Å². The van der Waals surface area contributed by atoms with E-state index in [1.54, 1.807) is 17.6 Å². The number of ether oxygens (including phenoxy) is 3. The summed E-state index contributed by atoms with van der Waals surface area (Å²) in [5.41, 5.74) is 2.49. The SMILES string of the molecule is CCCc1nc(-c2ccccc2)cc(=O)n1CCOc1ccc(CC(OCC)C(=O)OCC)cc1. The molecule has 186 valence electrons. The minimum atomic E-state index is -0.623. The van der Waals surface area contributed by atoms with E-state index in [2.05, 4.69) is 6.92 Å². The summed E-state index contributed by atoms with van der Waals surface area (Å²) >= 11 is 0. The number of hydrogen-bond donors (Lipinski definition) is 0. The number of aryl methyl sites for hydroxylation is 1. The normalized spacial score (nSPS) is 11.7. The van der Waals surface area contributed by atoms with E-state index in [1.165, 1.54) is 0 Å². The monoisotopic (exact) mass is 478 g/mol. The van der Waals surface area contributed by atoms with Crippen molar-refractivity contribution in [3.63, 3.8) is 0 Å². The van der Waals surface area contributed by atoms with Crippen LogP contribution in [0.5, 0.6) is 5.75 Å². The molecule has 3 aromatic rings. The Morgan fingerprint density at radius 1 is 1.00 bits per heavy atom. The predicted octanol–water partition coefficient (Wildman–Crippen LogP) is 4.45. The highest BCUT2D eigenvalue weighted by molar-refractivity contribution is 5.75. The molecule has 0 amide bonds. The van der Waals surface area contributed by atoms with E-state index in [1.807, 2.05) is 61.5 Å². The van der Waals surface area contributed by atoms with E-state index in [4.69, 9.17) is 19.2 Å². The summed E-state index contributed by atoms with van der Waals surface area (Å²) in [6.07, 6.45) is 1.41. The molecular formula is C28H34N2O5. The molecule has 1 heterocycles. The van der Waals surface area contributed by atoms with Crippen molar-refractivity contribution in [2.24, 2.45) is 0 Å². The van der Waals surface area contributed by atoms with Crippen LogP contribution in [0.2, 0.25) is 0 Å². The number of rotatable bonds is 13.